The highest BCUT2D eigenvalue weighted by Gasteiger charge is 2.08. The molecule has 0 spiro atoms. The summed E-state index contributed by atoms with van der Waals surface area (Å²) >= 11 is 0. The van der Waals surface area contributed by atoms with Crippen LogP contribution in [0.2, 0.25) is 0 Å². The molecule has 0 aliphatic heterocycles. The minimum Gasteiger partial charge on any atom is -0.462 e. The van der Waals surface area contributed by atoms with Crippen molar-refractivity contribution in [3.8, 4) is 0 Å². The largest absolute Gasteiger partial charge is 0.462 e. The summed E-state index contributed by atoms with van der Waals surface area (Å²) in [6.45, 7) is 4.85. The number of carbonyl (C=O) groups excluding carboxylic acids is 1. The van der Waals surface area contributed by atoms with E-state index in [9.17, 15) is 4.79 Å². The molecule has 103 valence electrons. The summed E-state index contributed by atoms with van der Waals surface area (Å²) in [6, 6.07) is 10.4. The summed E-state index contributed by atoms with van der Waals surface area (Å²) in [5, 5.41) is 0. The van der Waals surface area contributed by atoms with Crippen molar-refractivity contribution in [3.05, 3.63) is 42.0 Å². The summed E-state index contributed by atoms with van der Waals surface area (Å²) in [5.74, 6) is 0.223. The second-order valence-electron chi connectivity index (χ2n) is 4.72. The zero-order chi connectivity index (χ0) is 13.9. The van der Waals surface area contributed by atoms with Gasteiger partial charge < -0.3 is 4.74 Å². The average Bonchev–Trinajstić information content (AvgIpc) is 2.46. The van der Waals surface area contributed by atoms with Crippen LogP contribution in [0.15, 0.2) is 30.3 Å². The van der Waals surface area contributed by atoms with Crippen LogP contribution in [-0.4, -0.2) is 12.6 Å². The zero-order valence-electron chi connectivity index (χ0n) is 11.9. The average molecular weight is 259 g/mol. The van der Waals surface area contributed by atoms with E-state index >= 15 is 0 Å². The lowest BCUT2D eigenvalue weighted by Crippen LogP contribution is -2.12. The van der Waals surface area contributed by atoms with Gasteiger partial charge in [-0.05, 0) is 36.1 Å². The van der Waals surface area contributed by atoms with Crippen molar-refractivity contribution < 1.29 is 9.53 Å². The van der Waals surface area contributed by atoms with Crippen molar-refractivity contribution in [2.24, 2.45) is 5.92 Å². The van der Waals surface area contributed by atoms with Crippen molar-refractivity contribution in [2.45, 2.75) is 39.5 Å². The van der Waals surface area contributed by atoms with E-state index in [4.69, 9.17) is 4.74 Å². The SMILES string of the molecule is CCCCC(CC)COC(=O)/C=C/c1c[c]ccc1. The molecule has 2 heteroatoms. The number of benzene rings is 1. The van der Waals surface area contributed by atoms with Gasteiger partial charge in [0.25, 0.3) is 0 Å². The molecule has 1 rings (SSSR count). The molecular formula is C17H23O2. The van der Waals surface area contributed by atoms with E-state index in [1.165, 1.54) is 18.9 Å². The molecule has 0 fully saturated rings. The van der Waals surface area contributed by atoms with E-state index in [1.54, 1.807) is 6.08 Å². The quantitative estimate of drug-likeness (QED) is 0.515. The number of hydrogen-bond donors (Lipinski definition) is 0. The molecular weight excluding hydrogens is 236 g/mol. The molecule has 1 unspecified atom stereocenters. The van der Waals surface area contributed by atoms with Gasteiger partial charge in [-0.25, -0.2) is 4.79 Å². The molecule has 1 aromatic rings. The Labute approximate surface area is 116 Å². The van der Waals surface area contributed by atoms with Crippen LogP contribution >= 0.6 is 0 Å². The summed E-state index contributed by atoms with van der Waals surface area (Å²) in [4.78, 5) is 11.6. The van der Waals surface area contributed by atoms with E-state index in [0.717, 1.165) is 18.4 Å². The molecule has 19 heavy (non-hydrogen) atoms. The van der Waals surface area contributed by atoms with Gasteiger partial charge in [-0.2, -0.15) is 0 Å². The molecule has 1 aromatic carbocycles. The van der Waals surface area contributed by atoms with Crippen LogP contribution in [0.3, 0.4) is 0 Å². The normalized spacial score (nSPS) is 12.5. The Morgan fingerprint density at radius 2 is 2.32 bits per heavy atom. The Hall–Kier alpha value is -1.57. The highest BCUT2D eigenvalue weighted by atomic mass is 16.5. The van der Waals surface area contributed by atoms with E-state index < -0.39 is 0 Å². The zero-order valence-corrected chi connectivity index (χ0v) is 11.9. The van der Waals surface area contributed by atoms with Gasteiger partial charge >= 0.3 is 5.97 Å². The van der Waals surface area contributed by atoms with Crippen LogP contribution in [0.1, 0.15) is 45.1 Å². The van der Waals surface area contributed by atoms with Gasteiger partial charge in [-0.1, -0.05) is 51.3 Å². The van der Waals surface area contributed by atoms with Gasteiger partial charge in [0.15, 0.2) is 0 Å². The monoisotopic (exact) mass is 259 g/mol. The highest BCUT2D eigenvalue weighted by Crippen LogP contribution is 2.13. The predicted molar refractivity (Wildman–Crippen MR) is 78.6 cm³/mol. The van der Waals surface area contributed by atoms with E-state index in [0.29, 0.717) is 12.5 Å². The fourth-order valence-electron chi connectivity index (χ4n) is 1.82. The minimum absolute atomic E-state index is 0.265. The Morgan fingerprint density at radius 1 is 1.47 bits per heavy atom. The van der Waals surface area contributed by atoms with Crippen molar-refractivity contribution >= 4 is 12.0 Å². The molecule has 0 aromatic heterocycles. The molecule has 0 aliphatic rings. The maximum absolute atomic E-state index is 11.6. The number of rotatable bonds is 8. The van der Waals surface area contributed by atoms with Gasteiger partial charge in [0.05, 0.1) is 6.61 Å². The first-order valence-electron chi connectivity index (χ1n) is 7.07. The first-order valence-corrected chi connectivity index (χ1v) is 7.07. The predicted octanol–water partition coefficient (Wildman–Crippen LogP) is 4.26. The molecule has 1 radical (unpaired) electrons. The van der Waals surface area contributed by atoms with Crippen LogP contribution in [0, 0.1) is 12.0 Å². The number of ether oxygens (including phenoxy) is 1. The van der Waals surface area contributed by atoms with Gasteiger partial charge in [-0.3, -0.25) is 0 Å². The molecule has 0 saturated carbocycles. The summed E-state index contributed by atoms with van der Waals surface area (Å²) in [7, 11) is 0. The van der Waals surface area contributed by atoms with Gasteiger partial charge in [-0.15, -0.1) is 0 Å². The molecule has 0 heterocycles. The second-order valence-corrected chi connectivity index (χ2v) is 4.72. The maximum atomic E-state index is 11.6. The molecule has 0 N–H and O–H groups in total. The first-order chi connectivity index (χ1) is 9.26. The van der Waals surface area contributed by atoms with Crippen molar-refractivity contribution in [3.63, 3.8) is 0 Å². The standard InChI is InChI=1S/C17H23O2/c1-3-5-9-15(4-2)14-19-17(18)13-12-16-10-7-6-8-11-16/h6-7,10-13,15H,3-5,9,14H2,1-2H3/b13-12+. The fourth-order valence-corrected chi connectivity index (χ4v) is 1.82. The van der Waals surface area contributed by atoms with E-state index in [1.807, 2.05) is 24.3 Å². The van der Waals surface area contributed by atoms with Gasteiger partial charge in [0.1, 0.15) is 0 Å². The number of esters is 1. The highest BCUT2D eigenvalue weighted by molar-refractivity contribution is 5.86. The van der Waals surface area contributed by atoms with Crippen molar-refractivity contribution in [2.75, 3.05) is 6.61 Å². The van der Waals surface area contributed by atoms with Crippen LogP contribution in [0.4, 0.5) is 0 Å². The molecule has 0 aliphatic carbocycles. The summed E-state index contributed by atoms with van der Waals surface area (Å²) in [6.07, 6.45) is 7.82. The lowest BCUT2D eigenvalue weighted by Gasteiger charge is -2.13. The Morgan fingerprint density at radius 3 is 2.95 bits per heavy atom. The third-order valence-electron chi connectivity index (χ3n) is 3.15. The minimum atomic E-state index is -0.265. The molecule has 0 amide bonds. The van der Waals surface area contributed by atoms with Crippen LogP contribution in [0.25, 0.3) is 6.08 Å². The summed E-state index contributed by atoms with van der Waals surface area (Å²) < 4.78 is 5.28. The number of unbranched alkanes of at least 4 members (excludes halogenated alkanes) is 1. The topological polar surface area (TPSA) is 26.3 Å². The first kappa shape index (κ1) is 15.5. The third-order valence-corrected chi connectivity index (χ3v) is 3.15. The smallest absolute Gasteiger partial charge is 0.330 e. The van der Waals surface area contributed by atoms with Crippen molar-refractivity contribution in [1.82, 2.24) is 0 Å². The summed E-state index contributed by atoms with van der Waals surface area (Å²) in [5.41, 5.74) is 0.956. The second kappa shape index (κ2) is 9.37. The van der Waals surface area contributed by atoms with E-state index in [2.05, 4.69) is 19.9 Å². The lowest BCUT2D eigenvalue weighted by atomic mass is 10.0. The van der Waals surface area contributed by atoms with Crippen molar-refractivity contribution in [1.29, 1.82) is 0 Å². The molecule has 1 atom stereocenters. The maximum Gasteiger partial charge on any atom is 0.330 e. The Bertz CT molecular complexity index is 382. The van der Waals surface area contributed by atoms with Crippen LogP contribution < -0.4 is 0 Å². The van der Waals surface area contributed by atoms with E-state index in [-0.39, 0.29) is 5.97 Å². The third kappa shape index (κ3) is 6.80. The van der Waals surface area contributed by atoms with Gasteiger partial charge in [0, 0.05) is 6.08 Å². The number of carbonyl (C=O) groups is 1. The Balaban J connectivity index is 2.32. The fraction of sp³-hybridized carbons (Fsp3) is 0.471. The van der Waals surface area contributed by atoms with Gasteiger partial charge in [0.2, 0.25) is 0 Å². The lowest BCUT2D eigenvalue weighted by molar-refractivity contribution is -0.139. The Kier molecular flexibility index (Phi) is 7.64. The van der Waals surface area contributed by atoms with Crippen LogP contribution in [0.5, 0.6) is 0 Å². The molecule has 2 nitrogen and oxygen atoms in total. The van der Waals surface area contributed by atoms with Crippen LogP contribution in [-0.2, 0) is 9.53 Å². The molecule has 0 saturated heterocycles. The molecule has 0 bridgehead atoms. The number of hydrogen-bond acceptors (Lipinski definition) is 2.